The van der Waals surface area contributed by atoms with Gasteiger partial charge in [-0.2, -0.15) is 0 Å². The third kappa shape index (κ3) is 3.31. The van der Waals surface area contributed by atoms with Gasteiger partial charge in [-0.05, 0) is 36.6 Å². The highest BCUT2D eigenvalue weighted by Crippen LogP contribution is 2.27. The van der Waals surface area contributed by atoms with Gasteiger partial charge in [0.1, 0.15) is 0 Å². The van der Waals surface area contributed by atoms with Crippen molar-refractivity contribution in [3.05, 3.63) is 65.0 Å². The molecule has 0 atom stereocenters. The predicted octanol–water partition coefficient (Wildman–Crippen LogP) is 5.42. The Balaban J connectivity index is 1.79. The first-order valence-electron chi connectivity index (χ1n) is 7.13. The minimum absolute atomic E-state index is 0.926. The summed E-state index contributed by atoms with van der Waals surface area (Å²) in [6.07, 6.45) is 1.07. The van der Waals surface area contributed by atoms with E-state index in [2.05, 4.69) is 78.1 Å². The quantitative estimate of drug-likeness (QED) is 0.694. The summed E-state index contributed by atoms with van der Waals surface area (Å²) >= 11 is 1.63. The van der Waals surface area contributed by atoms with Crippen molar-refractivity contribution in [2.75, 3.05) is 5.32 Å². The molecule has 0 aliphatic rings. The van der Waals surface area contributed by atoms with E-state index in [0.29, 0.717) is 0 Å². The molecule has 0 unspecified atom stereocenters. The molecule has 2 nitrogen and oxygen atoms in total. The Kier molecular flexibility index (Phi) is 4.02. The number of thiazole rings is 1. The normalized spacial score (nSPS) is 10.6. The van der Waals surface area contributed by atoms with Crippen molar-refractivity contribution in [2.45, 2.75) is 20.3 Å². The van der Waals surface area contributed by atoms with Crippen molar-refractivity contribution in [3.63, 3.8) is 0 Å². The van der Waals surface area contributed by atoms with E-state index in [4.69, 9.17) is 0 Å². The Hall–Kier alpha value is -2.13. The van der Waals surface area contributed by atoms with E-state index in [9.17, 15) is 0 Å². The van der Waals surface area contributed by atoms with Gasteiger partial charge in [0.2, 0.25) is 0 Å². The average molecular weight is 294 g/mol. The Morgan fingerprint density at radius 3 is 2.62 bits per heavy atom. The standard InChI is InChI=1S/C18H18N2S/c1-3-14-7-9-15(10-8-14)17-12-21-18(20-17)19-16-6-4-5-13(2)11-16/h4-12H,3H2,1-2H3,(H,19,20). The van der Waals surface area contributed by atoms with E-state index in [-0.39, 0.29) is 0 Å². The summed E-state index contributed by atoms with van der Waals surface area (Å²) < 4.78 is 0. The van der Waals surface area contributed by atoms with Gasteiger partial charge in [-0.1, -0.05) is 43.3 Å². The molecule has 0 amide bonds. The van der Waals surface area contributed by atoms with E-state index < -0.39 is 0 Å². The Morgan fingerprint density at radius 1 is 1.10 bits per heavy atom. The second kappa shape index (κ2) is 6.10. The molecule has 1 heterocycles. The summed E-state index contributed by atoms with van der Waals surface area (Å²) in [6.45, 7) is 4.26. The molecule has 0 saturated carbocycles. The fourth-order valence-electron chi connectivity index (χ4n) is 2.22. The van der Waals surface area contributed by atoms with Gasteiger partial charge in [0, 0.05) is 16.6 Å². The van der Waals surface area contributed by atoms with Gasteiger partial charge in [-0.25, -0.2) is 4.98 Å². The highest BCUT2D eigenvalue weighted by Gasteiger charge is 2.05. The maximum absolute atomic E-state index is 4.67. The van der Waals surface area contributed by atoms with Crippen LogP contribution in [0.1, 0.15) is 18.1 Å². The molecule has 0 saturated heterocycles. The molecule has 0 aliphatic heterocycles. The molecule has 21 heavy (non-hydrogen) atoms. The Morgan fingerprint density at radius 2 is 1.90 bits per heavy atom. The van der Waals surface area contributed by atoms with Crippen LogP contribution in [0.15, 0.2) is 53.9 Å². The molecule has 0 spiro atoms. The Labute approximate surface area is 129 Å². The third-order valence-electron chi connectivity index (χ3n) is 3.43. The first kappa shape index (κ1) is 13.8. The molecule has 0 aliphatic carbocycles. The van der Waals surface area contributed by atoms with Crippen molar-refractivity contribution in [3.8, 4) is 11.3 Å². The topological polar surface area (TPSA) is 24.9 Å². The molecule has 3 aromatic rings. The molecular formula is C18H18N2S. The maximum atomic E-state index is 4.67. The molecule has 2 aromatic carbocycles. The van der Waals surface area contributed by atoms with Crippen LogP contribution >= 0.6 is 11.3 Å². The number of rotatable bonds is 4. The van der Waals surface area contributed by atoms with Crippen molar-refractivity contribution >= 4 is 22.2 Å². The van der Waals surface area contributed by atoms with Crippen LogP contribution in [0, 0.1) is 6.92 Å². The summed E-state index contributed by atoms with van der Waals surface area (Å²) in [6, 6.07) is 16.9. The highest BCUT2D eigenvalue weighted by atomic mass is 32.1. The van der Waals surface area contributed by atoms with Crippen molar-refractivity contribution in [1.29, 1.82) is 0 Å². The molecule has 3 heteroatoms. The predicted molar refractivity (Wildman–Crippen MR) is 91.4 cm³/mol. The number of hydrogen-bond donors (Lipinski definition) is 1. The zero-order valence-electron chi connectivity index (χ0n) is 12.3. The van der Waals surface area contributed by atoms with Gasteiger partial charge >= 0.3 is 0 Å². The zero-order chi connectivity index (χ0) is 14.7. The summed E-state index contributed by atoms with van der Waals surface area (Å²) in [7, 11) is 0. The molecular weight excluding hydrogens is 276 g/mol. The van der Waals surface area contributed by atoms with Crippen LogP contribution in [0.2, 0.25) is 0 Å². The molecule has 0 fully saturated rings. The maximum Gasteiger partial charge on any atom is 0.187 e. The van der Waals surface area contributed by atoms with Crippen molar-refractivity contribution in [2.24, 2.45) is 0 Å². The summed E-state index contributed by atoms with van der Waals surface area (Å²) in [4.78, 5) is 4.67. The van der Waals surface area contributed by atoms with E-state index in [1.54, 1.807) is 11.3 Å². The monoisotopic (exact) mass is 294 g/mol. The van der Waals surface area contributed by atoms with E-state index in [1.807, 2.05) is 0 Å². The minimum atomic E-state index is 0.926. The number of aromatic nitrogens is 1. The molecule has 0 radical (unpaired) electrons. The van der Waals surface area contributed by atoms with Crippen LogP contribution in [-0.4, -0.2) is 4.98 Å². The number of nitrogens with one attached hydrogen (secondary N) is 1. The zero-order valence-corrected chi connectivity index (χ0v) is 13.1. The van der Waals surface area contributed by atoms with Crippen LogP contribution in [0.5, 0.6) is 0 Å². The lowest BCUT2D eigenvalue weighted by Crippen LogP contribution is -1.90. The van der Waals surface area contributed by atoms with Crippen LogP contribution in [0.25, 0.3) is 11.3 Å². The number of nitrogens with zero attached hydrogens (tertiary/aromatic N) is 1. The van der Waals surface area contributed by atoms with Crippen LogP contribution in [-0.2, 0) is 6.42 Å². The average Bonchev–Trinajstić information content (AvgIpc) is 2.96. The van der Waals surface area contributed by atoms with Crippen LogP contribution < -0.4 is 5.32 Å². The lowest BCUT2D eigenvalue weighted by molar-refractivity contribution is 1.14. The minimum Gasteiger partial charge on any atom is -0.332 e. The van der Waals surface area contributed by atoms with E-state index in [1.165, 1.54) is 16.7 Å². The van der Waals surface area contributed by atoms with Crippen LogP contribution in [0.3, 0.4) is 0 Å². The molecule has 0 bridgehead atoms. The SMILES string of the molecule is CCc1ccc(-c2csc(Nc3cccc(C)c3)n2)cc1. The number of hydrogen-bond acceptors (Lipinski definition) is 3. The number of benzene rings is 2. The number of anilines is 2. The molecule has 106 valence electrons. The van der Waals surface area contributed by atoms with Crippen molar-refractivity contribution < 1.29 is 0 Å². The van der Waals surface area contributed by atoms with Crippen molar-refractivity contribution in [1.82, 2.24) is 4.98 Å². The van der Waals surface area contributed by atoms with E-state index in [0.717, 1.165) is 22.9 Å². The molecule has 1 aromatic heterocycles. The lowest BCUT2D eigenvalue weighted by Gasteiger charge is -2.03. The van der Waals surface area contributed by atoms with Gasteiger partial charge < -0.3 is 5.32 Å². The van der Waals surface area contributed by atoms with Crippen LogP contribution in [0.4, 0.5) is 10.8 Å². The second-order valence-corrected chi connectivity index (χ2v) is 5.94. The molecule has 1 N–H and O–H groups in total. The first-order chi connectivity index (χ1) is 10.2. The number of aryl methyl sites for hydroxylation is 2. The second-order valence-electron chi connectivity index (χ2n) is 5.08. The Bertz CT molecular complexity index is 729. The summed E-state index contributed by atoms with van der Waals surface area (Å²) in [5, 5.41) is 6.39. The fraction of sp³-hybridized carbons (Fsp3) is 0.167. The van der Waals surface area contributed by atoms with Gasteiger partial charge in [0.05, 0.1) is 5.69 Å². The third-order valence-corrected chi connectivity index (χ3v) is 4.19. The van der Waals surface area contributed by atoms with Gasteiger partial charge in [-0.3, -0.25) is 0 Å². The van der Waals surface area contributed by atoms with E-state index >= 15 is 0 Å². The highest BCUT2D eigenvalue weighted by molar-refractivity contribution is 7.14. The largest absolute Gasteiger partial charge is 0.332 e. The lowest BCUT2D eigenvalue weighted by atomic mass is 10.1. The smallest absolute Gasteiger partial charge is 0.187 e. The van der Waals surface area contributed by atoms with Gasteiger partial charge in [0.25, 0.3) is 0 Å². The first-order valence-corrected chi connectivity index (χ1v) is 8.01. The van der Waals surface area contributed by atoms with Gasteiger partial charge in [0.15, 0.2) is 5.13 Å². The fourth-order valence-corrected chi connectivity index (χ4v) is 2.96. The summed E-state index contributed by atoms with van der Waals surface area (Å²) in [5.74, 6) is 0. The molecule has 3 rings (SSSR count). The summed E-state index contributed by atoms with van der Waals surface area (Å²) in [5.41, 5.74) is 5.87. The van der Waals surface area contributed by atoms with Gasteiger partial charge in [-0.15, -0.1) is 11.3 Å².